The van der Waals surface area contributed by atoms with Crippen LogP contribution in [-0.2, 0) is 16.6 Å². The van der Waals surface area contributed by atoms with Gasteiger partial charge in [0.05, 0.1) is 0 Å². The van der Waals surface area contributed by atoms with E-state index in [0.717, 1.165) is 17.4 Å². The monoisotopic (exact) mass is 329 g/mol. The summed E-state index contributed by atoms with van der Waals surface area (Å²) in [5.74, 6) is -0.868. The van der Waals surface area contributed by atoms with Gasteiger partial charge < -0.3 is 10.9 Å². The summed E-state index contributed by atoms with van der Waals surface area (Å²) in [6, 6.07) is 6.97. The van der Waals surface area contributed by atoms with Crippen molar-refractivity contribution in [1.82, 2.24) is 4.72 Å². The number of rotatable bonds is 5. The molecular formula is C12H12FN3O3S2. The van der Waals surface area contributed by atoms with Gasteiger partial charge in [-0.1, -0.05) is 23.4 Å². The van der Waals surface area contributed by atoms with E-state index in [0.29, 0.717) is 0 Å². The molecule has 0 radical (unpaired) electrons. The van der Waals surface area contributed by atoms with Crippen LogP contribution in [0.2, 0.25) is 0 Å². The van der Waals surface area contributed by atoms with Crippen LogP contribution in [0.5, 0.6) is 0 Å². The highest BCUT2D eigenvalue weighted by Gasteiger charge is 2.16. The average molecular weight is 329 g/mol. The van der Waals surface area contributed by atoms with Gasteiger partial charge in [-0.3, -0.25) is 0 Å². The Labute approximate surface area is 124 Å². The number of nitrogens with zero attached hydrogens (tertiary/aromatic N) is 1. The second-order valence-electron chi connectivity index (χ2n) is 4.05. The Balaban J connectivity index is 2.14. The van der Waals surface area contributed by atoms with Gasteiger partial charge in [-0.15, -0.1) is 11.3 Å². The van der Waals surface area contributed by atoms with Crippen molar-refractivity contribution >= 4 is 27.2 Å². The van der Waals surface area contributed by atoms with Crippen LogP contribution in [0.4, 0.5) is 4.39 Å². The summed E-state index contributed by atoms with van der Waals surface area (Å²) in [5.41, 5.74) is 5.71. The molecule has 2 aromatic rings. The lowest BCUT2D eigenvalue weighted by Gasteiger charge is -2.07. The number of sulfonamides is 1. The van der Waals surface area contributed by atoms with Crippen LogP contribution in [0, 0.1) is 5.82 Å². The number of benzene rings is 1. The van der Waals surface area contributed by atoms with Crippen LogP contribution in [0.25, 0.3) is 0 Å². The summed E-state index contributed by atoms with van der Waals surface area (Å²) in [5, 5.41) is 12.9. The summed E-state index contributed by atoms with van der Waals surface area (Å²) >= 11 is 1.07. The Kier molecular flexibility index (Phi) is 4.56. The van der Waals surface area contributed by atoms with Crippen molar-refractivity contribution in [3.8, 4) is 0 Å². The summed E-state index contributed by atoms with van der Waals surface area (Å²) in [7, 11) is -3.65. The van der Waals surface area contributed by atoms with E-state index in [9.17, 15) is 12.8 Å². The van der Waals surface area contributed by atoms with Crippen LogP contribution in [0.1, 0.15) is 11.1 Å². The maximum Gasteiger partial charge on any atom is 0.250 e. The molecule has 1 heterocycles. The number of thiophene rings is 1. The molecule has 112 valence electrons. The molecule has 0 aliphatic heterocycles. The molecule has 0 aliphatic carbocycles. The van der Waals surface area contributed by atoms with Crippen LogP contribution in [0.15, 0.2) is 45.1 Å². The van der Waals surface area contributed by atoms with E-state index in [1.807, 2.05) is 0 Å². The van der Waals surface area contributed by atoms with E-state index in [2.05, 4.69) is 9.88 Å². The van der Waals surface area contributed by atoms with E-state index in [4.69, 9.17) is 10.9 Å². The Hall–Kier alpha value is -1.97. The number of nitrogens with one attached hydrogen (secondary N) is 1. The van der Waals surface area contributed by atoms with Gasteiger partial charge in [0.25, 0.3) is 0 Å². The third-order valence-electron chi connectivity index (χ3n) is 2.67. The lowest BCUT2D eigenvalue weighted by molar-refractivity contribution is 0.318. The fourth-order valence-corrected chi connectivity index (χ4v) is 3.61. The zero-order chi connectivity index (χ0) is 15.5. The van der Waals surface area contributed by atoms with Gasteiger partial charge in [-0.25, -0.2) is 17.5 Å². The average Bonchev–Trinajstić information content (AvgIpc) is 3.00. The summed E-state index contributed by atoms with van der Waals surface area (Å²) in [4.78, 5) is 0. The smallest absolute Gasteiger partial charge is 0.250 e. The molecule has 21 heavy (non-hydrogen) atoms. The van der Waals surface area contributed by atoms with Crippen molar-refractivity contribution in [2.24, 2.45) is 10.9 Å². The zero-order valence-corrected chi connectivity index (χ0v) is 12.3. The van der Waals surface area contributed by atoms with Crippen molar-refractivity contribution in [3.63, 3.8) is 0 Å². The van der Waals surface area contributed by atoms with Crippen LogP contribution in [0.3, 0.4) is 0 Å². The predicted molar refractivity (Wildman–Crippen MR) is 77.3 cm³/mol. The van der Waals surface area contributed by atoms with Gasteiger partial charge in [-0.2, -0.15) is 0 Å². The molecule has 0 fully saturated rings. The minimum Gasteiger partial charge on any atom is -0.409 e. The molecule has 0 atom stereocenters. The van der Waals surface area contributed by atoms with Crippen LogP contribution in [-0.4, -0.2) is 19.5 Å². The fourth-order valence-electron chi connectivity index (χ4n) is 1.57. The fraction of sp³-hybridized carbons (Fsp3) is 0.0833. The largest absolute Gasteiger partial charge is 0.409 e. The Morgan fingerprint density at radius 2 is 2.19 bits per heavy atom. The molecule has 0 saturated heterocycles. The number of hydrogen-bond donors (Lipinski definition) is 3. The molecule has 2 rings (SSSR count). The van der Waals surface area contributed by atoms with Crippen molar-refractivity contribution < 1.29 is 18.0 Å². The molecule has 0 spiro atoms. The van der Waals surface area contributed by atoms with E-state index in [-0.39, 0.29) is 27.7 Å². The molecular weight excluding hydrogens is 317 g/mol. The number of nitrogens with two attached hydrogens (primary N) is 1. The Morgan fingerprint density at radius 1 is 1.43 bits per heavy atom. The Bertz CT molecular complexity index is 758. The van der Waals surface area contributed by atoms with E-state index >= 15 is 0 Å². The predicted octanol–water partition coefficient (Wildman–Crippen LogP) is 1.46. The van der Waals surface area contributed by atoms with E-state index in [1.54, 1.807) is 11.4 Å². The molecule has 0 aliphatic rings. The molecule has 1 aromatic heterocycles. The molecule has 0 amide bonds. The highest BCUT2D eigenvalue weighted by Crippen LogP contribution is 2.17. The van der Waals surface area contributed by atoms with Crippen molar-refractivity contribution in [2.45, 2.75) is 10.8 Å². The number of oxime groups is 1. The van der Waals surface area contributed by atoms with Gasteiger partial charge in [0.15, 0.2) is 5.84 Å². The number of amidine groups is 1. The summed E-state index contributed by atoms with van der Waals surface area (Å²) in [6.45, 7) is -0.192. The first-order valence-electron chi connectivity index (χ1n) is 5.73. The third-order valence-corrected chi connectivity index (χ3v) is 5.47. The lowest BCUT2D eigenvalue weighted by atomic mass is 10.1. The quantitative estimate of drug-likeness (QED) is 0.334. The van der Waals surface area contributed by atoms with Crippen molar-refractivity contribution in [3.05, 3.63) is 52.7 Å². The van der Waals surface area contributed by atoms with Gasteiger partial charge in [0.2, 0.25) is 10.0 Å². The van der Waals surface area contributed by atoms with Crippen LogP contribution >= 0.6 is 11.3 Å². The molecule has 0 unspecified atom stereocenters. The van der Waals surface area contributed by atoms with Gasteiger partial charge in [-0.05, 0) is 17.5 Å². The summed E-state index contributed by atoms with van der Waals surface area (Å²) < 4.78 is 40.1. The first kappa shape index (κ1) is 15.4. The molecule has 4 N–H and O–H groups in total. The summed E-state index contributed by atoms with van der Waals surface area (Å²) in [6.07, 6.45) is 0. The molecule has 6 nitrogen and oxygen atoms in total. The minimum absolute atomic E-state index is 0.157. The van der Waals surface area contributed by atoms with Gasteiger partial charge in [0.1, 0.15) is 10.0 Å². The van der Waals surface area contributed by atoms with Gasteiger partial charge >= 0.3 is 0 Å². The third kappa shape index (κ3) is 3.57. The topological polar surface area (TPSA) is 105 Å². The molecule has 0 bridgehead atoms. The molecule has 1 aromatic carbocycles. The van der Waals surface area contributed by atoms with E-state index < -0.39 is 15.8 Å². The normalized spacial score (nSPS) is 12.5. The van der Waals surface area contributed by atoms with Crippen LogP contribution < -0.4 is 10.5 Å². The standard InChI is InChI=1S/C12H12FN3O3S2/c13-10-6-8(12(14)16-17)3-4-9(10)7-15-21(18,19)11-2-1-5-20-11/h1-6,15,17H,7H2,(H2,14,16). The zero-order valence-electron chi connectivity index (χ0n) is 10.7. The highest BCUT2D eigenvalue weighted by atomic mass is 32.2. The number of halogens is 1. The first-order chi connectivity index (χ1) is 9.94. The first-order valence-corrected chi connectivity index (χ1v) is 8.10. The lowest BCUT2D eigenvalue weighted by Crippen LogP contribution is -2.23. The molecule has 0 saturated carbocycles. The van der Waals surface area contributed by atoms with E-state index in [1.165, 1.54) is 18.2 Å². The van der Waals surface area contributed by atoms with Crippen molar-refractivity contribution in [1.29, 1.82) is 0 Å². The van der Waals surface area contributed by atoms with Crippen molar-refractivity contribution in [2.75, 3.05) is 0 Å². The second kappa shape index (κ2) is 6.20. The maximum absolute atomic E-state index is 13.8. The minimum atomic E-state index is -3.65. The maximum atomic E-state index is 13.8. The number of hydrogen-bond acceptors (Lipinski definition) is 5. The SMILES string of the molecule is NC(=NO)c1ccc(CNS(=O)(=O)c2cccs2)c(F)c1. The second-order valence-corrected chi connectivity index (χ2v) is 6.99. The van der Waals surface area contributed by atoms with Gasteiger partial charge in [0, 0.05) is 17.7 Å². The Morgan fingerprint density at radius 3 is 2.76 bits per heavy atom. The molecule has 9 heteroatoms. The highest BCUT2D eigenvalue weighted by molar-refractivity contribution is 7.91.